The van der Waals surface area contributed by atoms with E-state index in [2.05, 4.69) is 41.1 Å². The summed E-state index contributed by atoms with van der Waals surface area (Å²) in [5.41, 5.74) is 2.65. The third-order valence-corrected chi connectivity index (χ3v) is 11.0. The van der Waals surface area contributed by atoms with Crippen molar-refractivity contribution in [3.8, 4) is 17.2 Å². The number of rotatable bonds is 7. The maximum Gasteiger partial charge on any atom is 0.331 e. The van der Waals surface area contributed by atoms with Crippen LogP contribution in [-0.2, 0) is 24.5 Å². The first-order valence-electron chi connectivity index (χ1n) is 14.8. The van der Waals surface area contributed by atoms with Crippen LogP contribution in [0, 0.1) is 11.3 Å². The van der Waals surface area contributed by atoms with Crippen LogP contribution in [0.25, 0.3) is 6.08 Å². The first kappa shape index (κ1) is 27.8. The highest BCUT2D eigenvalue weighted by atomic mass is 16.6. The molecule has 226 valence electrons. The average molecular weight is 587 g/mol. The van der Waals surface area contributed by atoms with Gasteiger partial charge in [0, 0.05) is 43.4 Å². The summed E-state index contributed by atoms with van der Waals surface area (Å²) in [6, 6.07) is 12.2. The van der Waals surface area contributed by atoms with Crippen LogP contribution >= 0.6 is 0 Å². The van der Waals surface area contributed by atoms with Crippen molar-refractivity contribution in [3.05, 3.63) is 65.3 Å². The third kappa shape index (κ3) is 3.37. The molecule has 0 aromatic heterocycles. The summed E-state index contributed by atoms with van der Waals surface area (Å²) in [6.07, 6.45) is 6.08. The monoisotopic (exact) mass is 586 g/mol. The molecule has 2 aromatic carbocycles. The number of fused-ring (bicyclic) bond motifs is 2. The largest absolute Gasteiger partial charge is 0.493 e. The normalized spacial score (nSPS) is 35.2. The summed E-state index contributed by atoms with van der Waals surface area (Å²) < 4.78 is 28.7. The quantitative estimate of drug-likeness (QED) is 0.272. The van der Waals surface area contributed by atoms with Gasteiger partial charge in [-0.15, -0.1) is 0 Å². The molecule has 1 spiro atoms. The van der Waals surface area contributed by atoms with Gasteiger partial charge in [0.2, 0.25) is 5.75 Å². The molecule has 5 heterocycles. The van der Waals surface area contributed by atoms with Crippen molar-refractivity contribution in [1.29, 1.82) is 0 Å². The first-order valence-corrected chi connectivity index (χ1v) is 14.8. The lowest BCUT2D eigenvalue weighted by molar-refractivity contribution is -0.186. The molecular weight excluding hydrogens is 548 g/mol. The molecule has 0 N–H and O–H groups in total. The summed E-state index contributed by atoms with van der Waals surface area (Å²) in [6.45, 7) is 2.87. The lowest BCUT2D eigenvalue weighted by Gasteiger charge is -2.61. The Balaban J connectivity index is 1.35. The second kappa shape index (κ2) is 9.77. The Hall–Kier alpha value is -3.98. The highest BCUT2D eigenvalue weighted by Gasteiger charge is 2.84. The van der Waals surface area contributed by atoms with E-state index in [0.29, 0.717) is 22.8 Å². The molecule has 43 heavy (non-hydrogen) atoms. The fourth-order valence-corrected chi connectivity index (χ4v) is 9.66. The number of esters is 2. The molecule has 2 aromatic rings. The number of para-hydroxylation sites is 1. The fourth-order valence-electron chi connectivity index (χ4n) is 9.66. The Bertz CT molecular complexity index is 1540. The Morgan fingerprint density at radius 3 is 2.40 bits per heavy atom. The van der Waals surface area contributed by atoms with Crippen molar-refractivity contribution >= 4 is 23.7 Å². The number of carbonyl (C=O) groups is 2. The minimum atomic E-state index is -1.01. The number of piperidine rings is 4. The van der Waals surface area contributed by atoms with E-state index >= 15 is 0 Å². The van der Waals surface area contributed by atoms with Crippen molar-refractivity contribution in [2.45, 2.75) is 49.4 Å². The predicted molar refractivity (Wildman–Crippen MR) is 161 cm³/mol. The Morgan fingerprint density at radius 1 is 1.02 bits per heavy atom. The summed E-state index contributed by atoms with van der Waals surface area (Å²) >= 11 is 0. The Labute approximate surface area is 252 Å². The molecule has 0 radical (unpaired) electrons. The van der Waals surface area contributed by atoms with Crippen LogP contribution in [0.1, 0.15) is 30.9 Å². The van der Waals surface area contributed by atoms with Gasteiger partial charge < -0.3 is 28.6 Å². The van der Waals surface area contributed by atoms with Gasteiger partial charge in [-0.2, -0.15) is 0 Å². The van der Waals surface area contributed by atoms with Gasteiger partial charge in [-0.25, -0.2) is 4.79 Å². The topological polar surface area (TPSA) is 86.8 Å². The van der Waals surface area contributed by atoms with E-state index in [1.807, 2.05) is 13.0 Å². The van der Waals surface area contributed by atoms with Gasteiger partial charge >= 0.3 is 11.9 Å². The molecule has 6 aliphatic rings. The summed E-state index contributed by atoms with van der Waals surface area (Å²) in [4.78, 5) is 32.9. The van der Waals surface area contributed by atoms with Gasteiger partial charge in [0.25, 0.3) is 0 Å². The lowest BCUT2D eigenvalue weighted by atomic mass is 9.58. The van der Waals surface area contributed by atoms with Gasteiger partial charge in [0.15, 0.2) is 11.5 Å². The lowest BCUT2D eigenvalue weighted by Crippen LogP contribution is -2.71. The number of benzene rings is 2. The highest BCUT2D eigenvalue weighted by molar-refractivity contribution is 5.90. The van der Waals surface area contributed by atoms with Crippen LogP contribution in [0.3, 0.4) is 0 Å². The second-order valence-corrected chi connectivity index (χ2v) is 12.3. The van der Waals surface area contributed by atoms with Crippen molar-refractivity contribution in [2.24, 2.45) is 11.3 Å². The summed E-state index contributed by atoms with van der Waals surface area (Å²) in [7, 11) is 8.24. The molecular formula is C34H38N2O7. The smallest absolute Gasteiger partial charge is 0.331 e. The number of hydrogen-bond acceptors (Lipinski definition) is 9. The molecule has 1 aliphatic carbocycles. The standard InChI is InChI=1S/C34H38N2O7/c1-7-20-18-36-24-16-22(20)34(32(38)42-6)27(36)17-33(21-10-8-9-11-23(21)35(2)30(24)33)31(34)43-28(37)13-12-19-14-25(39-3)29(41-5)26(15-19)40-4/h7-15,22,24,27,30-31H,16-18H2,1-6H3/b13-12+,20-7-/t22-,24-,27-,30-,31-,33+,34+/m0/s1. The van der Waals surface area contributed by atoms with Crippen LogP contribution in [0.5, 0.6) is 17.2 Å². The molecule has 8 atom stereocenters. The zero-order valence-corrected chi connectivity index (χ0v) is 25.5. The molecule has 0 amide bonds. The Morgan fingerprint density at radius 2 is 1.74 bits per heavy atom. The summed E-state index contributed by atoms with van der Waals surface area (Å²) in [5, 5.41) is 0. The van der Waals surface area contributed by atoms with Gasteiger partial charge in [0.1, 0.15) is 11.5 Å². The van der Waals surface area contributed by atoms with Crippen LogP contribution in [0.15, 0.2) is 54.1 Å². The molecule has 9 nitrogen and oxygen atoms in total. The van der Waals surface area contributed by atoms with Crippen molar-refractivity contribution in [1.82, 2.24) is 4.90 Å². The molecule has 6 bridgehead atoms. The van der Waals surface area contributed by atoms with Gasteiger partial charge in [-0.05, 0) is 55.2 Å². The predicted octanol–water partition coefficient (Wildman–Crippen LogP) is 3.99. The molecule has 1 saturated carbocycles. The SMILES string of the molecule is C/C=C1/CN2[C@H]3C[C@@]45c6ccccc6N(C)[C@H]4[C@@H]2C[C@@H]1[C@]3(C(=O)OC)[C@H]5OC(=O)/C=C/c1cc(OC)c(OC)c(OC)c1. The number of allylic oxidation sites excluding steroid dienone is 1. The number of likely N-dealkylation sites (N-methyl/N-ethyl adjacent to an activating group) is 1. The fraction of sp³-hybridized carbons (Fsp3) is 0.471. The molecule has 1 unspecified atom stereocenters. The van der Waals surface area contributed by atoms with E-state index in [1.165, 1.54) is 18.8 Å². The van der Waals surface area contributed by atoms with Crippen molar-refractivity contribution < 1.29 is 33.3 Å². The van der Waals surface area contributed by atoms with Crippen LogP contribution < -0.4 is 19.1 Å². The highest BCUT2D eigenvalue weighted by Crippen LogP contribution is 2.73. The van der Waals surface area contributed by atoms with Crippen LogP contribution in [0.4, 0.5) is 5.69 Å². The van der Waals surface area contributed by atoms with Crippen molar-refractivity contribution in [2.75, 3.05) is 46.9 Å². The maximum atomic E-state index is 14.2. The minimum Gasteiger partial charge on any atom is -0.493 e. The number of nitrogens with zero attached hydrogens (tertiary/aromatic N) is 2. The van der Waals surface area contributed by atoms with E-state index in [9.17, 15) is 9.59 Å². The minimum absolute atomic E-state index is 0.0626. The third-order valence-electron chi connectivity index (χ3n) is 11.0. The first-order chi connectivity index (χ1) is 20.8. The number of hydrogen-bond donors (Lipinski definition) is 0. The van der Waals surface area contributed by atoms with Gasteiger partial charge in [0.05, 0.1) is 39.9 Å². The van der Waals surface area contributed by atoms with E-state index < -0.39 is 22.9 Å². The zero-order valence-electron chi connectivity index (χ0n) is 25.5. The average Bonchev–Trinajstić information content (AvgIpc) is 3.43. The van der Waals surface area contributed by atoms with E-state index in [1.54, 1.807) is 39.5 Å². The molecule has 5 fully saturated rings. The van der Waals surface area contributed by atoms with Crippen molar-refractivity contribution in [3.63, 3.8) is 0 Å². The number of methoxy groups -OCH3 is 4. The van der Waals surface area contributed by atoms with Crippen LogP contribution in [0.2, 0.25) is 0 Å². The zero-order chi connectivity index (χ0) is 30.3. The summed E-state index contributed by atoms with van der Waals surface area (Å²) in [5.74, 6) is 0.576. The number of carbonyl (C=O) groups excluding carboxylic acids is 2. The van der Waals surface area contributed by atoms with Crippen LogP contribution in [-0.4, -0.2) is 83.1 Å². The maximum absolute atomic E-state index is 14.2. The molecule has 4 saturated heterocycles. The molecule has 9 heteroatoms. The molecule has 8 rings (SSSR count). The molecule has 5 aliphatic heterocycles. The second-order valence-electron chi connectivity index (χ2n) is 12.3. The van der Waals surface area contributed by atoms with Gasteiger partial charge in [-0.3, -0.25) is 9.69 Å². The van der Waals surface area contributed by atoms with E-state index in [4.69, 9.17) is 23.7 Å². The van der Waals surface area contributed by atoms with E-state index in [-0.39, 0.29) is 30.0 Å². The van der Waals surface area contributed by atoms with E-state index in [0.717, 1.165) is 30.6 Å². The Kier molecular flexibility index (Phi) is 6.32. The number of anilines is 1. The number of ether oxygens (including phenoxy) is 5. The van der Waals surface area contributed by atoms with Gasteiger partial charge in [-0.1, -0.05) is 29.8 Å².